The number of hydrogen-bond donors (Lipinski definition) is 0. The second-order valence-corrected chi connectivity index (χ2v) is 13.1. The third-order valence-corrected chi connectivity index (χ3v) is 10.5. The first-order chi connectivity index (χ1) is 20.0. The Kier molecular flexibility index (Phi) is 4.56. The van der Waals surface area contributed by atoms with Gasteiger partial charge in [-0.15, -0.1) is 0 Å². The van der Waals surface area contributed by atoms with Crippen LogP contribution < -0.4 is 0 Å². The second-order valence-electron chi connectivity index (χ2n) is 12.2. The van der Waals surface area contributed by atoms with Gasteiger partial charge in [-0.1, -0.05) is 133 Å². The van der Waals surface area contributed by atoms with Crippen molar-refractivity contribution < 1.29 is 0 Å². The van der Waals surface area contributed by atoms with Gasteiger partial charge >= 0.3 is 0 Å². The predicted molar refractivity (Wildman–Crippen MR) is 173 cm³/mol. The van der Waals surface area contributed by atoms with E-state index in [0.717, 1.165) is 4.47 Å². The second kappa shape index (κ2) is 7.96. The molecule has 0 bridgehead atoms. The highest BCUT2D eigenvalue weighted by molar-refractivity contribution is 9.10. The van der Waals surface area contributed by atoms with Crippen LogP contribution in [0.1, 0.15) is 47.2 Å². The third kappa shape index (κ3) is 2.85. The molecule has 0 nitrogen and oxygen atoms in total. The van der Waals surface area contributed by atoms with E-state index in [1.807, 2.05) is 0 Å². The van der Waals surface area contributed by atoms with E-state index in [4.69, 9.17) is 0 Å². The first-order valence-corrected chi connectivity index (χ1v) is 15.2. The summed E-state index contributed by atoms with van der Waals surface area (Å²) >= 11 is 3.82. The highest BCUT2D eigenvalue weighted by Crippen LogP contribution is 2.63. The van der Waals surface area contributed by atoms with Gasteiger partial charge in [0.1, 0.15) is 0 Å². The van der Waals surface area contributed by atoms with Gasteiger partial charge in [-0.05, 0) is 102 Å². The molecule has 9 rings (SSSR count). The smallest absolute Gasteiger partial charge is 0.0619 e. The van der Waals surface area contributed by atoms with Crippen molar-refractivity contribution in [3.8, 4) is 44.5 Å². The molecule has 0 fully saturated rings. The van der Waals surface area contributed by atoms with Crippen molar-refractivity contribution in [2.24, 2.45) is 0 Å². The van der Waals surface area contributed by atoms with E-state index < -0.39 is 0 Å². The maximum Gasteiger partial charge on any atom is 0.0726 e. The molecule has 3 aliphatic carbocycles. The van der Waals surface area contributed by atoms with Crippen molar-refractivity contribution in [3.05, 3.63) is 165 Å². The largest absolute Gasteiger partial charge is 0.0726 e. The fraction of sp³-hybridized carbons (Fsp3) is 0.100. The number of fused-ring (bicyclic) bond motifs is 13. The van der Waals surface area contributed by atoms with Gasteiger partial charge in [0.05, 0.1) is 5.41 Å². The van der Waals surface area contributed by atoms with Crippen LogP contribution in [0.4, 0.5) is 0 Å². The Morgan fingerprint density at radius 2 is 0.805 bits per heavy atom. The first-order valence-electron chi connectivity index (χ1n) is 14.4. The van der Waals surface area contributed by atoms with Crippen LogP contribution in [0.5, 0.6) is 0 Å². The molecule has 6 aromatic rings. The van der Waals surface area contributed by atoms with Gasteiger partial charge in [0.25, 0.3) is 0 Å². The van der Waals surface area contributed by atoms with Crippen LogP contribution in [0.15, 0.2) is 132 Å². The Hall–Kier alpha value is -4.20. The maximum atomic E-state index is 3.82. The molecule has 0 unspecified atom stereocenters. The highest BCUT2D eigenvalue weighted by Gasteiger charge is 2.51. The van der Waals surface area contributed by atoms with Gasteiger partial charge < -0.3 is 0 Å². The van der Waals surface area contributed by atoms with Gasteiger partial charge in [-0.3, -0.25) is 0 Å². The number of halogens is 1. The van der Waals surface area contributed by atoms with E-state index in [1.165, 1.54) is 77.9 Å². The van der Waals surface area contributed by atoms with Crippen LogP contribution >= 0.6 is 15.9 Å². The molecule has 0 N–H and O–H groups in total. The molecule has 0 aliphatic heterocycles. The first kappa shape index (κ1) is 23.5. The van der Waals surface area contributed by atoms with E-state index in [-0.39, 0.29) is 10.8 Å². The van der Waals surface area contributed by atoms with Crippen molar-refractivity contribution in [1.82, 2.24) is 0 Å². The van der Waals surface area contributed by atoms with E-state index >= 15 is 0 Å². The average molecular weight is 588 g/mol. The molecule has 1 spiro atoms. The fourth-order valence-corrected chi connectivity index (χ4v) is 8.54. The molecule has 0 amide bonds. The Bertz CT molecular complexity index is 2050. The van der Waals surface area contributed by atoms with Crippen LogP contribution in [0.2, 0.25) is 0 Å². The normalized spacial score (nSPS) is 15.6. The Morgan fingerprint density at radius 3 is 1.41 bits per heavy atom. The zero-order valence-corrected chi connectivity index (χ0v) is 24.6. The Morgan fingerprint density at radius 1 is 0.390 bits per heavy atom. The van der Waals surface area contributed by atoms with Crippen molar-refractivity contribution >= 4 is 15.9 Å². The van der Waals surface area contributed by atoms with Gasteiger partial charge in [-0.2, -0.15) is 0 Å². The van der Waals surface area contributed by atoms with Crippen LogP contribution in [0.3, 0.4) is 0 Å². The van der Waals surface area contributed by atoms with Gasteiger partial charge in [-0.25, -0.2) is 0 Å². The molecular formula is C40H27Br. The number of hydrogen-bond acceptors (Lipinski definition) is 0. The molecule has 41 heavy (non-hydrogen) atoms. The van der Waals surface area contributed by atoms with Crippen LogP contribution in [0.25, 0.3) is 44.5 Å². The summed E-state index contributed by atoms with van der Waals surface area (Å²) in [5.41, 5.74) is 18.6. The van der Waals surface area contributed by atoms with Crippen molar-refractivity contribution in [1.29, 1.82) is 0 Å². The predicted octanol–water partition coefficient (Wildman–Crippen LogP) is 10.8. The van der Waals surface area contributed by atoms with Gasteiger partial charge in [0, 0.05) is 9.89 Å². The molecule has 0 atom stereocenters. The lowest BCUT2D eigenvalue weighted by Crippen LogP contribution is -2.25. The summed E-state index contributed by atoms with van der Waals surface area (Å²) in [6, 6.07) is 48.0. The molecule has 0 heterocycles. The minimum atomic E-state index is -0.343. The molecule has 6 aromatic carbocycles. The van der Waals surface area contributed by atoms with E-state index in [0.29, 0.717) is 0 Å². The Labute approximate surface area is 249 Å². The quantitative estimate of drug-likeness (QED) is 0.179. The summed E-state index contributed by atoms with van der Waals surface area (Å²) in [6.07, 6.45) is 0. The molecule has 1 heteroatoms. The zero-order chi connectivity index (χ0) is 27.5. The standard InChI is InChI=1S/C40H27Br/c1-39(2)33-12-6-3-9-27(33)30-18-15-24(21-36(30)39)25-16-19-31-32-20-17-26(41)23-38(32)40(37(31)22-25)34-13-7-4-10-28(34)29-11-5-8-14-35(29)40/h3-23H,1-2H3. The molecule has 0 aromatic heterocycles. The third-order valence-electron chi connectivity index (χ3n) is 9.97. The SMILES string of the molecule is CC1(C)c2ccccc2-c2ccc(-c3ccc4c(c3)C3(c5ccccc5-c5ccccc53)c3cc(Br)ccc3-4)cc21. The van der Waals surface area contributed by atoms with Crippen molar-refractivity contribution in [2.45, 2.75) is 24.7 Å². The van der Waals surface area contributed by atoms with Crippen molar-refractivity contribution in [3.63, 3.8) is 0 Å². The van der Waals surface area contributed by atoms with Crippen LogP contribution in [0, 0.1) is 0 Å². The molecule has 0 saturated heterocycles. The molecule has 194 valence electrons. The summed E-state index contributed by atoms with van der Waals surface area (Å²) in [5, 5.41) is 0. The lowest BCUT2D eigenvalue weighted by molar-refractivity contribution is 0.660. The molecular weight excluding hydrogens is 560 g/mol. The summed E-state index contributed by atoms with van der Waals surface area (Å²) < 4.78 is 1.12. The summed E-state index contributed by atoms with van der Waals surface area (Å²) in [4.78, 5) is 0. The average Bonchev–Trinajstić information content (AvgIpc) is 3.56. The maximum absolute atomic E-state index is 3.82. The molecule has 3 aliphatic rings. The molecule has 0 radical (unpaired) electrons. The highest BCUT2D eigenvalue weighted by atomic mass is 79.9. The van der Waals surface area contributed by atoms with Gasteiger partial charge in [0.15, 0.2) is 0 Å². The fourth-order valence-electron chi connectivity index (χ4n) is 8.17. The lowest BCUT2D eigenvalue weighted by Gasteiger charge is -2.31. The zero-order valence-electron chi connectivity index (χ0n) is 23.0. The topological polar surface area (TPSA) is 0 Å². The van der Waals surface area contributed by atoms with Gasteiger partial charge in [0.2, 0.25) is 0 Å². The summed E-state index contributed by atoms with van der Waals surface area (Å²) in [6.45, 7) is 4.72. The monoisotopic (exact) mass is 586 g/mol. The lowest BCUT2D eigenvalue weighted by atomic mass is 9.70. The summed E-state index contributed by atoms with van der Waals surface area (Å²) in [7, 11) is 0. The van der Waals surface area contributed by atoms with E-state index in [2.05, 4.69) is 157 Å². The van der Waals surface area contributed by atoms with Crippen LogP contribution in [-0.4, -0.2) is 0 Å². The van der Waals surface area contributed by atoms with Crippen LogP contribution in [-0.2, 0) is 10.8 Å². The number of benzene rings is 6. The Balaban J connectivity index is 1.32. The minimum Gasteiger partial charge on any atom is -0.0619 e. The van der Waals surface area contributed by atoms with Crippen molar-refractivity contribution in [2.75, 3.05) is 0 Å². The molecule has 0 saturated carbocycles. The minimum absolute atomic E-state index is 0.0221. The van der Waals surface area contributed by atoms with E-state index in [1.54, 1.807) is 0 Å². The number of rotatable bonds is 1. The van der Waals surface area contributed by atoms with E-state index in [9.17, 15) is 0 Å². The summed E-state index contributed by atoms with van der Waals surface area (Å²) in [5.74, 6) is 0.